The molecule has 2 N–H and O–H groups in total. The normalized spacial score (nSPS) is 15.0. The molecule has 1 saturated carbocycles. The predicted octanol–water partition coefficient (Wildman–Crippen LogP) is 1.13. The molecule has 2 aromatic carbocycles. The van der Waals surface area contributed by atoms with Crippen LogP contribution in [-0.4, -0.2) is 39.5 Å². The quantitative estimate of drug-likeness (QED) is 0.410. The molecule has 3 aromatic heterocycles. The molecule has 1 aliphatic rings. The Morgan fingerprint density at radius 3 is 2.56 bits per heavy atom. The molecule has 0 saturated heterocycles. The monoisotopic (exact) mass is 429 g/mol. The summed E-state index contributed by atoms with van der Waals surface area (Å²) < 4.78 is 4.58. The highest BCUT2D eigenvalue weighted by Gasteiger charge is 2.27. The minimum Gasteiger partial charge on any atom is -0.311 e. The molecule has 11 nitrogen and oxygen atoms in total. The maximum Gasteiger partial charge on any atom is 0.277 e. The van der Waals surface area contributed by atoms with Crippen molar-refractivity contribution in [2.24, 2.45) is 5.73 Å². The number of hydrogen-bond acceptors (Lipinski definition) is 8. The largest absolute Gasteiger partial charge is 0.311 e. The molecular weight excluding hydrogens is 410 g/mol. The number of aryl methyl sites for hydroxylation is 1. The molecule has 6 rings (SSSR count). The fraction of sp³-hybridized carbons (Fsp3) is 0.286. The Morgan fingerprint density at radius 1 is 0.969 bits per heavy atom. The lowest BCUT2D eigenvalue weighted by Gasteiger charge is -2.15. The van der Waals surface area contributed by atoms with Crippen molar-refractivity contribution < 1.29 is 0 Å². The fourth-order valence-electron chi connectivity index (χ4n) is 3.96. The number of aromatic nitrogens is 8. The summed E-state index contributed by atoms with van der Waals surface area (Å²) in [6.07, 6.45) is 3.14. The highest BCUT2D eigenvalue weighted by Crippen LogP contribution is 2.32. The van der Waals surface area contributed by atoms with Crippen LogP contribution in [0.1, 0.15) is 31.5 Å². The van der Waals surface area contributed by atoms with E-state index >= 15 is 0 Å². The zero-order valence-corrected chi connectivity index (χ0v) is 17.0. The van der Waals surface area contributed by atoms with Crippen LogP contribution >= 0.6 is 0 Å². The lowest BCUT2D eigenvalue weighted by molar-refractivity contribution is 0.420. The first-order valence-corrected chi connectivity index (χ1v) is 10.4. The number of hydrogen-bond donors (Lipinski definition) is 1. The Bertz CT molecular complexity index is 1610. The van der Waals surface area contributed by atoms with Gasteiger partial charge in [0.1, 0.15) is 11.0 Å². The maximum atomic E-state index is 13.1. The third-order valence-electron chi connectivity index (χ3n) is 5.89. The van der Waals surface area contributed by atoms with Gasteiger partial charge in [0.2, 0.25) is 0 Å². The van der Waals surface area contributed by atoms with Gasteiger partial charge < -0.3 is 5.73 Å². The van der Waals surface area contributed by atoms with Crippen molar-refractivity contribution in [3.63, 3.8) is 0 Å². The van der Waals surface area contributed by atoms with E-state index in [1.807, 2.05) is 24.3 Å². The van der Waals surface area contributed by atoms with E-state index in [4.69, 9.17) is 5.73 Å². The third-order valence-corrected chi connectivity index (χ3v) is 5.89. The minimum atomic E-state index is -0.605. The van der Waals surface area contributed by atoms with Crippen LogP contribution in [-0.2, 0) is 6.54 Å². The molecule has 0 amide bonds. The van der Waals surface area contributed by atoms with Gasteiger partial charge in [-0.05, 0) is 37.1 Å². The molecule has 0 aliphatic heterocycles. The van der Waals surface area contributed by atoms with Gasteiger partial charge in [-0.3, -0.25) is 14.2 Å². The highest BCUT2D eigenvalue weighted by molar-refractivity contribution is 5.93. The van der Waals surface area contributed by atoms with Crippen LogP contribution in [0.15, 0.2) is 52.3 Å². The average Bonchev–Trinajstić information content (AvgIpc) is 3.57. The van der Waals surface area contributed by atoms with Gasteiger partial charge in [-0.15, -0.1) is 10.2 Å². The van der Waals surface area contributed by atoms with Gasteiger partial charge in [0.05, 0.1) is 40.3 Å². The molecule has 1 aliphatic carbocycles. The summed E-state index contributed by atoms with van der Waals surface area (Å²) in [6, 6.07) is 11.0. The molecule has 32 heavy (non-hydrogen) atoms. The Balaban J connectivity index is 1.34. The molecular formula is C21H19N9O2. The second kappa shape index (κ2) is 7.02. The summed E-state index contributed by atoms with van der Waals surface area (Å²) in [6.45, 7) is 0.496. The second-order valence-electron chi connectivity index (χ2n) is 8.07. The summed E-state index contributed by atoms with van der Waals surface area (Å²) in [5, 5.41) is 17.2. The van der Waals surface area contributed by atoms with E-state index in [0.29, 0.717) is 34.8 Å². The Kier molecular flexibility index (Phi) is 4.12. The second-order valence-corrected chi connectivity index (χ2v) is 8.07. The standard InChI is InChI=1S/C21H19N9O2/c22-19(7-8-29-18-4-2-1-3-15(18)24-26-29)28-11-23-16-9-14-17(10-13(16)20(28)31)25-27-30(21(14)32)12-5-6-12/h1-4,9-12,19H,5-8,22H2/t19-/m0/s1. The van der Waals surface area contributed by atoms with E-state index in [0.717, 1.165) is 23.9 Å². The van der Waals surface area contributed by atoms with Crippen LogP contribution in [0.5, 0.6) is 0 Å². The molecule has 5 aromatic rings. The first-order valence-electron chi connectivity index (χ1n) is 10.4. The van der Waals surface area contributed by atoms with Crippen molar-refractivity contribution in [2.75, 3.05) is 0 Å². The van der Waals surface area contributed by atoms with E-state index < -0.39 is 6.17 Å². The summed E-state index contributed by atoms with van der Waals surface area (Å²) in [4.78, 5) is 30.2. The van der Waals surface area contributed by atoms with Crippen molar-refractivity contribution in [2.45, 2.75) is 38.0 Å². The SMILES string of the molecule is N[C@H](CCn1nnc2ccccc21)n1cnc2cc3c(=O)n(C4CC4)nnc3cc2c1=O. The molecule has 1 atom stereocenters. The third kappa shape index (κ3) is 2.97. The molecule has 1 fully saturated rings. The Labute approximate surface area is 180 Å². The van der Waals surface area contributed by atoms with E-state index in [1.165, 1.54) is 15.6 Å². The number of fused-ring (bicyclic) bond motifs is 3. The van der Waals surface area contributed by atoms with Crippen molar-refractivity contribution >= 4 is 32.8 Å². The van der Waals surface area contributed by atoms with Crippen LogP contribution in [0, 0.1) is 0 Å². The van der Waals surface area contributed by atoms with Crippen molar-refractivity contribution in [3.05, 3.63) is 63.4 Å². The molecule has 0 spiro atoms. The van der Waals surface area contributed by atoms with E-state index in [2.05, 4.69) is 25.6 Å². The van der Waals surface area contributed by atoms with Crippen LogP contribution in [0.4, 0.5) is 0 Å². The van der Waals surface area contributed by atoms with Gasteiger partial charge >= 0.3 is 0 Å². The average molecular weight is 429 g/mol. The number of nitrogens with two attached hydrogens (primary N) is 1. The molecule has 0 bridgehead atoms. The first kappa shape index (κ1) is 18.8. The first-order chi connectivity index (χ1) is 15.6. The summed E-state index contributed by atoms with van der Waals surface area (Å²) >= 11 is 0. The van der Waals surface area contributed by atoms with Gasteiger partial charge in [0, 0.05) is 13.0 Å². The van der Waals surface area contributed by atoms with Gasteiger partial charge in [-0.1, -0.05) is 22.6 Å². The molecule has 3 heterocycles. The molecule has 160 valence electrons. The molecule has 0 unspecified atom stereocenters. The fourth-order valence-corrected chi connectivity index (χ4v) is 3.96. The Morgan fingerprint density at radius 2 is 1.72 bits per heavy atom. The smallest absolute Gasteiger partial charge is 0.277 e. The lowest BCUT2D eigenvalue weighted by Crippen LogP contribution is -2.31. The number of rotatable bonds is 5. The van der Waals surface area contributed by atoms with Crippen LogP contribution in [0.3, 0.4) is 0 Å². The van der Waals surface area contributed by atoms with Crippen molar-refractivity contribution in [1.82, 2.24) is 39.5 Å². The van der Waals surface area contributed by atoms with Crippen molar-refractivity contribution in [3.8, 4) is 0 Å². The highest BCUT2D eigenvalue weighted by atomic mass is 16.1. The maximum absolute atomic E-state index is 13.1. The number of para-hydroxylation sites is 1. The van der Waals surface area contributed by atoms with E-state index in [9.17, 15) is 9.59 Å². The van der Waals surface area contributed by atoms with Gasteiger partial charge in [0.25, 0.3) is 11.1 Å². The van der Waals surface area contributed by atoms with Crippen LogP contribution in [0.25, 0.3) is 32.8 Å². The van der Waals surface area contributed by atoms with Gasteiger partial charge in [-0.25, -0.2) is 14.3 Å². The number of benzene rings is 2. The lowest BCUT2D eigenvalue weighted by atomic mass is 10.1. The summed E-state index contributed by atoms with van der Waals surface area (Å²) in [7, 11) is 0. The minimum absolute atomic E-state index is 0.121. The molecule has 0 radical (unpaired) electrons. The van der Waals surface area contributed by atoms with E-state index in [-0.39, 0.29) is 17.2 Å². The summed E-state index contributed by atoms with van der Waals surface area (Å²) in [5.74, 6) is 0. The van der Waals surface area contributed by atoms with Gasteiger partial charge in [-0.2, -0.15) is 0 Å². The van der Waals surface area contributed by atoms with Crippen LogP contribution < -0.4 is 16.9 Å². The van der Waals surface area contributed by atoms with Crippen molar-refractivity contribution in [1.29, 1.82) is 0 Å². The topological polar surface area (TPSA) is 139 Å². The Hall–Kier alpha value is -3.99. The zero-order valence-electron chi connectivity index (χ0n) is 17.0. The zero-order chi connectivity index (χ0) is 21.8. The summed E-state index contributed by atoms with van der Waals surface area (Å²) in [5.41, 5.74) is 8.35. The predicted molar refractivity (Wildman–Crippen MR) is 117 cm³/mol. The number of nitrogens with zero attached hydrogens (tertiary/aromatic N) is 8. The van der Waals surface area contributed by atoms with Gasteiger partial charge in [0.15, 0.2) is 0 Å². The van der Waals surface area contributed by atoms with Crippen LogP contribution in [0.2, 0.25) is 0 Å². The molecule has 11 heteroatoms. The van der Waals surface area contributed by atoms with E-state index in [1.54, 1.807) is 16.8 Å².